The van der Waals surface area contributed by atoms with Crippen LogP contribution in [0.15, 0.2) is 29.2 Å². The molecule has 0 aliphatic heterocycles. The predicted octanol–water partition coefficient (Wildman–Crippen LogP) is 2.06. The molecule has 0 radical (unpaired) electrons. The summed E-state index contributed by atoms with van der Waals surface area (Å²) in [5.41, 5.74) is 1.69. The van der Waals surface area contributed by atoms with E-state index in [-0.39, 0.29) is 5.82 Å². The van der Waals surface area contributed by atoms with Crippen LogP contribution in [-0.2, 0) is 0 Å². The van der Waals surface area contributed by atoms with Crippen LogP contribution in [0, 0.1) is 0 Å². The van der Waals surface area contributed by atoms with Gasteiger partial charge < -0.3 is 9.63 Å². The van der Waals surface area contributed by atoms with Crippen LogP contribution < -0.4 is 0 Å². The quantitative estimate of drug-likeness (QED) is 0.875. The molecule has 2 heterocycles. The maximum atomic E-state index is 9.92. The molecule has 17 heavy (non-hydrogen) atoms. The highest BCUT2D eigenvalue weighted by Gasteiger charge is 2.16. The Morgan fingerprint density at radius 1 is 1.35 bits per heavy atom. The van der Waals surface area contributed by atoms with Gasteiger partial charge in [-0.15, -0.1) is 0 Å². The van der Waals surface area contributed by atoms with E-state index in [1.807, 2.05) is 6.07 Å². The lowest BCUT2D eigenvalue weighted by molar-refractivity contribution is 0.200. The molecule has 2 rings (SSSR count). The van der Waals surface area contributed by atoms with E-state index in [4.69, 9.17) is 0 Å². The topological polar surface area (TPSA) is 72.0 Å². The summed E-state index contributed by atoms with van der Waals surface area (Å²) in [7, 11) is 0. The molecule has 0 saturated carbocycles. The first kappa shape index (κ1) is 11.7. The molecule has 0 amide bonds. The minimum absolute atomic E-state index is 0.230. The Kier molecular flexibility index (Phi) is 3.49. The molecule has 0 fully saturated rings. The molecule has 90 valence electrons. The number of nitrogens with zero attached hydrogens (tertiary/aromatic N) is 3. The molecule has 1 N–H and O–H groups in total. The largest absolute Gasteiger partial charge is 0.379 e. The summed E-state index contributed by atoms with van der Waals surface area (Å²) < 4.78 is 4.59. The Bertz CT molecular complexity index is 453. The van der Waals surface area contributed by atoms with Crippen molar-refractivity contribution in [1.29, 1.82) is 0 Å². The SMILES string of the molecule is CCC(C)c1ccc(C(O)c2ncon2)nc1. The highest BCUT2D eigenvalue weighted by molar-refractivity contribution is 5.21. The number of hydrogen-bond donors (Lipinski definition) is 1. The van der Waals surface area contributed by atoms with Crippen molar-refractivity contribution in [3.05, 3.63) is 41.8 Å². The molecule has 5 heteroatoms. The fourth-order valence-corrected chi connectivity index (χ4v) is 1.54. The molecule has 5 nitrogen and oxygen atoms in total. The summed E-state index contributed by atoms with van der Waals surface area (Å²) in [6, 6.07) is 3.77. The number of aliphatic hydroxyl groups excluding tert-OH is 1. The van der Waals surface area contributed by atoms with Gasteiger partial charge >= 0.3 is 0 Å². The normalized spacial score (nSPS) is 14.5. The molecule has 2 aromatic rings. The zero-order chi connectivity index (χ0) is 12.3. The molecule has 0 bridgehead atoms. The summed E-state index contributed by atoms with van der Waals surface area (Å²) in [6.07, 6.45) is 3.10. The first-order chi connectivity index (χ1) is 8.22. The molecule has 0 spiro atoms. The monoisotopic (exact) mass is 233 g/mol. The zero-order valence-electron chi connectivity index (χ0n) is 9.87. The highest BCUT2D eigenvalue weighted by Crippen LogP contribution is 2.21. The number of hydrogen-bond acceptors (Lipinski definition) is 5. The van der Waals surface area contributed by atoms with Gasteiger partial charge in [0.2, 0.25) is 12.2 Å². The van der Waals surface area contributed by atoms with E-state index in [1.165, 1.54) is 6.39 Å². The molecule has 0 aromatic carbocycles. The van der Waals surface area contributed by atoms with Crippen molar-refractivity contribution in [2.24, 2.45) is 0 Å². The van der Waals surface area contributed by atoms with Crippen LogP contribution in [0.4, 0.5) is 0 Å². The van der Waals surface area contributed by atoms with Crippen LogP contribution in [-0.4, -0.2) is 20.2 Å². The van der Waals surface area contributed by atoms with Gasteiger partial charge in [-0.1, -0.05) is 25.1 Å². The van der Waals surface area contributed by atoms with Crippen molar-refractivity contribution >= 4 is 0 Å². The molecule has 0 aliphatic rings. The third kappa shape index (κ3) is 2.50. The Morgan fingerprint density at radius 2 is 2.18 bits per heavy atom. The van der Waals surface area contributed by atoms with Crippen LogP contribution >= 0.6 is 0 Å². The molecule has 0 aliphatic carbocycles. The summed E-state index contributed by atoms with van der Waals surface area (Å²) in [6.45, 7) is 4.28. The average molecular weight is 233 g/mol. The summed E-state index contributed by atoms with van der Waals surface area (Å²) in [5, 5.41) is 13.5. The Balaban J connectivity index is 2.18. The van der Waals surface area contributed by atoms with E-state index < -0.39 is 6.10 Å². The lowest BCUT2D eigenvalue weighted by Gasteiger charge is -2.10. The number of pyridine rings is 1. The second kappa shape index (κ2) is 5.05. The van der Waals surface area contributed by atoms with Gasteiger partial charge in [0, 0.05) is 6.20 Å². The minimum Gasteiger partial charge on any atom is -0.379 e. The maximum absolute atomic E-state index is 9.92. The van der Waals surface area contributed by atoms with E-state index in [2.05, 4.69) is 33.5 Å². The van der Waals surface area contributed by atoms with Gasteiger partial charge in [0.25, 0.3) is 0 Å². The van der Waals surface area contributed by atoms with E-state index in [0.29, 0.717) is 11.6 Å². The van der Waals surface area contributed by atoms with Crippen molar-refractivity contribution in [3.63, 3.8) is 0 Å². The van der Waals surface area contributed by atoms with Crippen molar-refractivity contribution in [1.82, 2.24) is 15.1 Å². The molecule has 2 aromatic heterocycles. The van der Waals surface area contributed by atoms with E-state index in [0.717, 1.165) is 12.0 Å². The number of aromatic nitrogens is 3. The van der Waals surface area contributed by atoms with Crippen molar-refractivity contribution < 1.29 is 9.63 Å². The summed E-state index contributed by atoms with van der Waals surface area (Å²) in [4.78, 5) is 8.03. The van der Waals surface area contributed by atoms with Crippen LogP contribution in [0.2, 0.25) is 0 Å². The maximum Gasteiger partial charge on any atom is 0.213 e. The average Bonchev–Trinajstić information content (AvgIpc) is 2.91. The van der Waals surface area contributed by atoms with Crippen molar-refractivity contribution in [2.75, 3.05) is 0 Å². The first-order valence-corrected chi connectivity index (χ1v) is 5.62. The van der Waals surface area contributed by atoms with Crippen LogP contribution in [0.3, 0.4) is 0 Å². The van der Waals surface area contributed by atoms with Crippen molar-refractivity contribution in [2.45, 2.75) is 32.3 Å². The summed E-state index contributed by atoms with van der Waals surface area (Å²) in [5.74, 6) is 0.702. The molecule has 2 atom stereocenters. The summed E-state index contributed by atoms with van der Waals surface area (Å²) >= 11 is 0. The Labute approximate surface area is 99.5 Å². The van der Waals surface area contributed by atoms with E-state index in [9.17, 15) is 5.11 Å². The van der Waals surface area contributed by atoms with Gasteiger partial charge in [0.15, 0.2) is 6.10 Å². The second-order valence-corrected chi connectivity index (χ2v) is 4.02. The van der Waals surface area contributed by atoms with Gasteiger partial charge in [0.05, 0.1) is 5.69 Å². The van der Waals surface area contributed by atoms with Crippen LogP contribution in [0.1, 0.15) is 49.4 Å². The molecular formula is C12H15N3O2. The minimum atomic E-state index is -0.931. The fourth-order valence-electron chi connectivity index (χ4n) is 1.54. The van der Waals surface area contributed by atoms with Gasteiger partial charge in [-0.2, -0.15) is 4.98 Å². The standard InChI is InChI=1S/C12H15N3O2/c1-3-8(2)9-4-5-10(13-6-9)11(16)12-14-7-17-15-12/h4-8,11,16H,3H2,1-2H3. The Hall–Kier alpha value is -1.75. The number of rotatable bonds is 4. The lowest BCUT2D eigenvalue weighted by Crippen LogP contribution is -2.05. The molecule has 2 unspecified atom stereocenters. The predicted molar refractivity (Wildman–Crippen MR) is 61.3 cm³/mol. The van der Waals surface area contributed by atoms with Crippen LogP contribution in [0.25, 0.3) is 0 Å². The first-order valence-electron chi connectivity index (χ1n) is 5.62. The number of aliphatic hydroxyl groups is 1. The molecule has 0 saturated heterocycles. The van der Waals surface area contributed by atoms with Gasteiger partial charge in [-0.05, 0) is 24.0 Å². The van der Waals surface area contributed by atoms with Crippen molar-refractivity contribution in [3.8, 4) is 0 Å². The smallest absolute Gasteiger partial charge is 0.213 e. The van der Waals surface area contributed by atoms with Crippen LogP contribution in [0.5, 0.6) is 0 Å². The highest BCUT2D eigenvalue weighted by atomic mass is 16.5. The van der Waals surface area contributed by atoms with Gasteiger partial charge in [0.1, 0.15) is 0 Å². The van der Waals surface area contributed by atoms with Gasteiger partial charge in [-0.3, -0.25) is 4.98 Å². The van der Waals surface area contributed by atoms with Gasteiger partial charge in [-0.25, -0.2) is 0 Å². The fraction of sp³-hybridized carbons (Fsp3) is 0.417. The Morgan fingerprint density at radius 3 is 2.71 bits per heavy atom. The third-order valence-electron chi connectivity index (χ3n) is 2.89. The second-order valence-electron chi connectivity index (χ2n) is 4.02. The zero-order valence-corrected chi connectivity index (χ0v) is 9.87. The lowest BCUT2D eigenvalue weighted by atomic mass is 10.00. The molecular weight excluding hydrogens is 218 g/mol. The van der Waals surface area contributed by atoms with E-state index >= 15 is 0 Å². The van der Waals surface area contributed by atoms with E-state index in [1.54, 1.807) is 12.3 Å². The third-order valence-corrected chi connectivity index (χ3v) is 2.89.